The van der Waals surface area contributed by atoms with Crippen molar-refractivity contribution < 1.29 is 9.59 Å². The molecule has 0 aliphatic rings. The van der Waals surface area contributed by atoms with Gasteiger partial charge in [-0.1, -0.05) is 12.1 Å². The van der Waals surface area contributed by atoms with Crippen molar-refractivity contribution in [3.8, 4) is 0 Å². The van der Waals surface area contributed by atoms with E-state index in [9.17, 15) is 14.4 Å². The van der Waals surface area contributed by atoms with Crippen molar-refractivity contribution in [1.82, 2.24) is 19.4 Å². The van der Waals surface area contributed by atoms with Gasteiger partial charge in [0.05, 0.1) is 5.52 Å². The van der Waals surface area contributed by atoms with E-state index >= 15 is 0 Å². The maximum atomic E-state index is 12.8. The number of rotatable bonds is 5. The van der Waals surface area contributed by atoms with Crippen molar-refractivity contribution >= 4 is 22.7 Å². The van der Waals surface area contributed by atoms with Gasteiger partial charge in [0.1, 0.15) is 12.1 Å². The molecule has 1 aromatic carbocycles. The molecule has 144 valence electrons. The molecule has 0 aliphatic heterocycles. The topological polar surface area (TPSA) is 75.5 Å². The number of carbonyl (C=O) groups is 2. The van der Waals surface area contributed by atoms with Gasteiger partial charge in [-0.05, 0) is 35.9 Å². The standard InChI is InChI=1S/C21H22N4O3/c1-23(2)19(26)14-25-11-5-7-17(21(25)28)20(27)24(3)13-15-8-9-18-16(12-15)6-4-10-22-18/h4-12H,13-14H2,1-3H3. The molecule has 0 atom stereocenters. The molecule has 2 heterocycles. The van der Waals surface area contributed by atoms with Gasteiger partial charge in [0.15, 0.2) is 0 Å². The maximum absolute atomic E-state index is 12.8. The van der Waals surface area contributed by atoms with Crippen LogP contribution in [-0.4, -0.2) is 52.3 Å². The first kappa shape index (κ1) is 19.3. The number of aromatic nitrogens is 2. The van der Waals surface area contributed by atoms with Crippen LogP contribution in [0.3, 0.4) is 0 Å². The maximum Gasteiger partial charge on any atom is 0.263 e. The zero-order valence-corrected chi connectivity index (χ0v) is 16.1. The first-order valence-electron chi connectivity index (χ1n) is 8.85. The first-order valence-corrected chi connectivity index (χ1v) is 8.85. The van der Waals surface area contributed by atoms with Crippen molar-refractivity contribution in [2.24, 2.45) is 0 Å². The van der Waals surface area contributed by atoms with E-state index in [1.807, 2.05) is 30.3 Å². The number of fused-ring (bicyclic) bond motifs is 1. The van der Waals surface area contributed by atoms with Crippen LogP contribution in [0.5, 0.6) is 0 Å². The molecule has 0 saturated carbocycles. The monoisotopic (exact) mass is 378 g/mol. The van der Waals surface area contributed by atoms with Gasteiger partial charge in [0, 0.05) is 45.5 Å². The molecule has 0 fully saturated rings. The minimum atomic E-state index is -0.475. The Labute approximate surface area is 162 Å². The van der Waals surface area contributed by atoms with Crippen LogP contribution in [0.4, 0.5) is 0 Å². The number of likely N-dealkylation sites (N-methyl/N-ethyl adjacent to an activating group) is 1. The largest absolute Gasteiger partial charge is 0.347 e. The SMILES string of the molecule is CN(C)C(=O)Cn1cccc(C(=O)N(C)Cc2ccc3ncccc3c2)c1=O. The molecule has 0 N–H and O–H groups in total. The van der Waals surface area contributed by atoms with Gasteiger partial charge in [-0.25, -0.2) is 0 Å². The van der Waals surface area contributed by atoms with Crippen LogP contribution < -0.4 is 5.56 Å². The Morgan fingerprint density at radius 3 is 2.61 bits per heavy atom. The van der Waals surface area contributed by atoms with Crippen LogP contribution in [0, 0.1) is 0 Å². The summed E-state index contributed by atoms with van der Waals surface area (Å²) in [6.07, 6.45) is 3.25. The summed E-state index contributed by atoms with van der Waals surface area (Å²) >= 11 is 0. The van der Waals surface area contributed by atoms with Gasteiger partial charge >= 0.3 is 0 Å². The van der Waals surface area contributed by atoms with Crippen molar-refractivity contribution in [1.29, 1.82) is 0 Å². The third-order valence-corrected chi connectivity index (χ3v) is 4.49. The number of pyridine rings is 2. The zero-order valence-electron chi connectivity index (χ0n) is 16.1. The fourth-order valence-electron chi connectivity index (χ4n) is 2.89. The van der Waals surface area contributed by atoms with Gasteiger partial charge in [0.25, 0.3) is 11.5 Å². The normalized spacial score (nSPS) is 10.7. The van der Waals surface area contributed by atoms with E-state index in [1.54, 1.807) is 33.4 Å². The molecule has 2 amide bonds. The lowest BCUT2D eigenvalue weighted by Crippen LogP contribution is -2.36. The second-order valence-corrected chi connectivity index (χ2v) is 6.83. The summed E-state index contributed by atoms with van der Waals surface area (Å²) in [5, 5.41) is 0.991. The summed E-state index contributed by atoms with van der Waals surface area (Å²) in [6.45, 7) is 0.253. The van der Waals surface area contributed by atoms with Crippen LogP contribution in [0.25, 0.3) is 10.9 Å². The average Bonchev–Trinajstić information content (AvgIpc) is 2.68. The molecule has 0 unspecified atom stereocenters. The zero-order chi connectivity index (χ0) is 20.3. The summed E-state index contributed by atoms with van der Waals surface area (Å²) < 4.78 is 1.26. The number of amides is 2. The first-order chi connectivity index (χ1) is 13.4. The highest BCUT2D eigenvalue weighted by Crippen LogP contribution is 2.15. The molecular formula is C21H22N4O3. The van der Waals surface area contributed by atoms with Crippen molar-refractivity contribution in [2.45, 2.75) is 13.1 Å². The van der Waals surface area contributed by atoms with Gasteiger partial charge in [-0.15, -0.1) is 0 Å². The Bertz CT molecular complexity index is 1090. The Balaban J connectivity index is 1.80. The van der Waals surface area contributed by atoms with Crippen LogP contribution in [-0.2, 0) is 17.9 Å². The van der Waals surface area contributed by atoms with Crippen LogP contribution in [0.15, 0.2) is 59.7 Å². The fourth-order valence-corrected chi connectivity index (χ4v) is 2.89. The summed E-state index contributed by atoms with van der Waals surface area (Å²) in [5.41, 5.74) is 1.39. The van der Waals surface area contributed by atoms with Crippen LogP contribution in [0.1, 0.15) is 15.9 Å². The lowest BCUT2D eigenvalue weighted by Gasteiger charge is -2.18. The quantitative estimate of drug-likeness (QED) is 0.678. The molecule has 0 aliphatic carbocycles. The van der Waals surface area contributed by atoms with E-state index in [-0.39, 0.29) is 23.9 Å². The Morgan fingerprint density at radius 1 is 1.07 bits per heavy atom. The number of carbonyl (C=O) groups excluding carboxylic acids is 2. The number of nitrogens with zero attached hydrogens (tertiary/aromatic N) is 4. The van der Waals surface area contributed by atoms with Crippen LogP contribution in [0.2, 0.25) is 0 Å². The predicted octanol–water partition coefficient (Wildman–Crippen LogP) is 1.76. The lowest BCUT2D eigenvalue weighted by atomic mass is 10.1. The van der Waals surface area contributed by atoms with Gasteiger partial charge in [-0.3, -0.25) is 19.4 Å². The third-order valence-electron chi connectivity index (χ3n) is 4.49. The highest BCUT2D eigenvalue weighted by atomic mass is 16.2. The second-order valence-electron chi connectivity index (χ2n) is 6.83. The molecule has 2 aromatic heterocycles. The molecule has 28 heavy (non-hydrogen) atoms. The summed E-state index contributed by atoms with van der Waals surface area (Å²) in [7, 11) is 4.89. The lowest BCUT2D eigenvalue weighted by molar-refractivity contribution is -0.129. The minimum absolute atomic E-state index is 0.0408. The predicted molar refractivity (Wildman–Crippen MR) is 107 cm³/mol. The molecule has 0 saturated heterocycles. The molecule has 7 heteroatoms. The average molecular weight is 378 g/mol. The molecule has 0 bridgehead atoms. The molecule has 0 radical (unpaired) electrons. The third kappa shape index (κ3) is 4.09. The van der Waals surface area contributed by atoms with E-state index < -0.39 is 5.56 Å². The van der Waals surface area contributed by atoms with Gasteiger partial charge < -0.3 is 14.4 Å². The van der Waals surface area contributed by atoms with E-state index in [0.717, 1.165) is 16.5 Å². The van der Waals surface area contributed by atoms with Crippen molar-refractivity contribution in [3.05, 3.63) is 76.3 Å². The smallest absolute Gasteiger partial charge is 0.263 e. The summed E-state index contributed by atoms with van der Waals surface area (Å²) in [6, 6.07) is 12.7. The minimum Gasteiger partial charge on any atom is -0.347 e. The van der Waals surface area contributed by atoms with Gasteiger partial charge in [-0.2, -0.15) is 0 Å². The number of hydrogen-bond donors (Lipinski definition) is 0. The molecule has 0 spiro atoms. The van der Waals surface area contributed by atoms with E-state index in [0.29, 0.717) is 6.54 Å². The van der Waals surface area contributed by atoms with Crippen molar-refractivity contribution in [3.63, 3.8) is 0 Å². The number of benzene rings is 1. The Hall–Kier alpha value is -3.48. The Kier molecular flexibility index (Phi) is 5.54. The molecular weight excluding hydrogens is 356 g/mol. The van der Waals surface area contributed by atoms with E-state index in [1.165, 1.54) is 26.6 Å². The Morgan fingerprint density at radius 2 is 1.86 bits per heavy atom. The molecule has 7 nitrogen and oxygen atoms in total. The number of hydrogen-bond acceptors (Lipinski definition) is 4. The van der Waals surface area contributed by atoms with Gasteiger partial charge in [0.2, 0.25) is 5.91 Å². The molecule has 3 rings (SSSR count). The second kappa shape index (κ2) is 8.04. The molecule has 3 aromatic rings. The fraction of sp³-hybridized carbons (Fsp3) is 0.238. The highest BCUT2D eigenvalue weighted by molar-refractivity contribution is 5.93. The van der Waals surface area contributed by atoms with Crippen molar-refractivity contribution in [2.75, 3.05) is 21.1 Å². The van der Waals surface area contributed by atoms with Crippen LogP contribution >= 0.6 is 0 Å². The summed E-state index contributed by atoms with van der Waals surface area (Å²) in [5.74, 6) is -0.604. The van der Waals surface area contributed by atoms with E-state index in [2.05, 4.69) is 4.98 Å². The van der Waals surface area contributed by atoms with E-state index in [4.69, 9.17) is 0 Å². The highest BCUT2D eigenvalue weighted by Gasteiger charge is 2.18. The summed E-state index contributed by atoms with van der Waals surface area (Å²) in [4.78, 5) is 44.5.